The lowest BCUT2D eigenvalue weighted by Gasteiger charge is -2.29. The number of amides is 1. The average Bonchev–Trinajstić information content (AvgIpc) is 3.46. The van der Waals surface area contributed by atoms with Gasteiger partial charge >= 0.3 is 5.97 Å². The van der Waals surface area contributed by atoms with Gasteiger partial charge in [-0.05, 0) is 44.6 Å². The van der Waals surface area contributed by atoms with Crippen LogP contribution < -0.4 is 5.32 Å². The van der Waals surface area contributed by atoms with Gasteiger partial charge in [0.25, 0.3) is 11.6 Å². The SMILES string of the molecule is CCCCCCCCCCCCN1C(=O)[C@]2(NC1=S)O[C@H](COC(=O)c1ccccc1)[C@H]1OC(C)(C)O[C@H]12. The molecule has 4 atom stereocenters. The summed E-state index contributed by atoms with van der Waals surface area (Å²) < 4.78 is 24.0. The first-order chi connectivity index (χ1) is 18.3. The summed E-state index contributed by atoms with van der Waals surface area (Å²) in [5, 5.41) is 3.45. The third-order valence-electron chi connectivity index (χ3n) is 7.46. The summed E-state index contributed by atoms with van der Waals surface area (Å²) in [6, 6.07) is 8.75. The highest BCUT2D eigenvalue weighted by Gasteiger charge is 2.70. The van der Waals surface area contributed by atoms with Gasteiger partial charge in [-0.2, -0.15) is 0 Å². The van der Waals surface area contributed by atoms with E-state index in [2.05, 4.69) is 12.2 Å². The number of rotatable bonds is 14. The van der Waals surface area contributed by atoms with Gasteiger partial charge in [0.05, 0.1) is 5.56 Å². The van der Waals surface area contributed by atoms with Crippen molar-refractivity contribution in [3.8, 4) is 0 Å². The van der Waals surface area contributed by atoms with Gasteiger partial charge in [-0.3, -0.25) is 9.69 Å². The maximum absolute atomic E-state index is 13.7. The molecule has 0 bridgehead atoms. The Kier molecular flexibility index (Phi) is 9.79. The van der Waals surface area contributed by atoms with Crippen LogP contribution in [0.4, 0.5) is 0 Å². The maximum atomic E-state index is 13.7. The molecule has 1 spiro atoms. The van der Waals surface area contributed by atoms with Crippen molar-refractivity contribution < 1.29 is 28.5 Å². The van der Waals surface area contributed by atoms with E-state index in [1.54, 1.807) is 43.0 Å². The van der Waals surface area contributed by atoms with Gasteiger partial charge in [0, 0.05) is 6.54 Å². The van der Waals surface area contributed by atoms with Crippen LogP contribution in [-0.2, 0) is 23.7 Å². The molecule has 0 radical (unpaired) electrons. The zero-order valence-electron chi connectivity index (χ0n) is 22.9. The van der Waals surface area contributed by atoms with Crippen molar-refractivity contribution in [1.29, 1.82) is 0 Å². The monoisotopic (exact) mass is 546 g/mol. The summed E-state index contributed by atoms with van der Waals surface area (Å²) in [5.74, 6) is -1.65. The second-order valence-corrected chi connectivity index (χ2v) is 11.3. The summed E-state index contributed by atoms with van der Waals surface area (Å²) in [7, 11) is 0. The normalized spacial score (nSPS) is 27.7. The molecule has 3 aliphatic rings. The first-order valence-electron chi connectivity index (χ1n) is 14.2. The van der Waals surface area contributed by atoms with Gasteiger partial charge in [-0.15, -0.1) is 0 Å². The predicted molar refractivity (Wildman–Crippen MR) is 147 cm³/mol. The maximum Gasteiger partial charge on any atom is 0.338 e. The van der Waals surface area contributed by atoms with Crippen molar-refractivity contribution in [3.63, 3.8) is 0 Å². The molecule has 0 aromatic heterocycles. The molecule has 1 amide bonds. The van der Waals surface area contributed by atoms with E-state index in [0.29, 0.717) is 17.2 Å². The highest BCUT2D eigenvalue weighted by atomic mass is 32.1. The molecule has 1 N–H and O–H groups in total. The van der Waals surface area contributed by atoms with E-state index in [1.165, 1.54) is 44.9 Å². The third-order valence-corrected chi connectivity index (χ3v) is 7.78. The fraction of sp³-hybridized carbons (Fsp3) is 0.690. The van der Waals surface area contributed by atoms with Crippen LogP contribution in [0.1, 0.15) is 95.3 Å². The summed E-state index contributed by atoms with van der Waals surface area (Å²) >= 11 is 5.55. The zero-order chi connectivity index (χ0) is 27.2. The molecule has 0 unspecified atom stereocenters. The molecule has 1 aromatic rings. The Balaban J connectivity index is 1.30. The van der Waals surface area contributed by atoms with Crippen LogP contribution in [0.5, 0.6) is 0 Å². The summed E-state index contributed by atoms with van der Waals surface area (Å²) in [6.07, 6.45) is 10.2. The Bertz CT molecular complexity index is 973. The van der Waals surface area contributed by atoms with E-state index in [-0.39, 0.29) is 12.5 Å². The molecule has 210 valence electrons. The fourth-order valence-electron chi connectivity index (χ4n) is 5.50. The van der Waals surface area contributed by atoms with Crippen molar-refractivity contribution in [1.82, 2.24) is 10.2 Å². The molecule has 3 saturated heterocycles. The second kappa shape index (κ2) is 12.9. The minimum absolute atomic E-state index is 0.0732. The van der Waals surface area contributed by atoms with E-state index in [0.717, 1.165) is 19.3 Å². The Morgan fingerprint density at radius 2 is 1.61 bits per heavy atom. The number of esters is 1. The number of ether oxygens (including phenoxy) is 4. The van der Waals surface area contributed by atoms with E-state index in [4.69, 9.17) is 31.2 Å². The van der Waals surface area contributed by atoms with Crippen molar-refractivity contribution in [2.75, 3.05) is 13.2 Å². The van der Waals surface area contributed by atoms with Crippen molar-refractivity contribution in [2.24, 2.45) is 0 Å². The summed E-state index contributed by atoms with van der Waals surface area (Å²) in [5.41, 5.74) is -1.04. The van der Waals surface area contributed by atoms with Crippen LogP contribution >= 0.6 is 12.2 Å². The van der Waals surface area contributed by atoms with Crippen LogP contribution in [-0.4, -0.2) is 64.9 Å². The number of nitrogens with one attached hydrogen (secondary N) is 1. The predicted octanol–water partition coefficient (Wildman–Crippen LogP) is 5.10. The van der Waals surface area contributed by atoms with E-state index in [1.807, 2.05) is 6.07 Å². The quantitative estimate of drug-likeness (QED) is 0.196. The van der Waals surface area contributed by atoms with Crippen LogP contribution in [0.25, 0.3) is 0 Å². The molecule has 8 nitrogen and oxygen atoms in total. The first-order valence-corrected chi connectivity index (χ1v) is 14.6. The minimum Gasteiger partial charge on any atom is -0.459 e. The van der Waals surface area contributed by atoms with Gasteiger partial charge in [0.2, 0.25) is 0 Å². The Hall–Kier alpha value is -2.07. The zero-order valence-corrected chi connectivity index (χ0v) is 23.7. The van der Waals surface area contributed by atoms with Gasteiger partial charge < -0.3 is 24.3 Å². The number of nitrogens with zero attached hydrogens (tertiary/aromatic N) is 1. The lowest BCUT2D eigenvalue weighted by atomic mass is 10.0. The smallest absolute Gasteiger partial charge is 0.338 e. The second-order valence-electron chi connectivity index (χ2n) is 10.9. The number of benzene rings is 1. The molecule has 3 aliphatic heterocycles. The fourth-order valence-corrected chi connectivity index (χ4v) is 5.82. The Morgan fingerprint density at radius 1 is 0.974 bits per heavy atom. The topological polar surface area (TPSA) is 86.3 Å². The van der Waals surface area contributed by atoms with Crippen LogP contribution in [0.2, 0.25) is 0 Å². The largest absolute Gasteiger partial charge is 0.459 e. The average molecular weight is 547 g/mol. The number of hydrogen-bond donors (Lipinski definition) is 1. The van der Waals surface area contributed by atoms with Gasteiger partial charge in [0.1, 0.15) is 24.9 Å². The third kappa shape index (κ3) is 6.55. The summed E-state index contributed by atoms with van der Waals surface area (Å²) in [6.45, 7) is 6.29. The highest BCUT2D eigenvalue weighted by Crippen LogP contribution is 2.45. The lowest BCUT2D eigenvalue weighted by molar-refractivity contribution is -0.214. The van der Waals surface area contributed by atoms with Crippen molar-refractivity contribution in [2.45, 2.75) is 115 Å². The number of hydrogen-bond acceptors (Lipinski definition) is 7. The number of carbonyl (C=O) groups excluding carboxylic acids is 2. The number of carbonyl (C=O) groups is 2. The Morgan fingerprint density at radius 3 is 2.26 bits per heavy atom. The standard InChI is InChI=1S/C29H42N2O6S/c1-4-5-6-7-8-9-10-11-12-16-19-31-26(33)29(30-27(31)38)24-23(36-28(2,3)37-24)22(35-29)20-34-25(32)21-17-14-13-15-18-21/h13-15,17-18,22-24H,4-12,16,19-20H2,1-3H3,(H,30,38)/t22-,23-,24-,29-/m1/s1. The molecule has 0 saturated carbocycles. The van der Waals surface area contributed by atoms with Gasteiger partial charge in [-0.25, -0.2) is 4.79 Å². The molecule has 38 heavy (non-hydrogen) atoms. The molecule has 1 aromatic carbocycles. The van der Waals surface area contributed by atoms with E-state index < -0.39 is 35.8 Å². The molecule has 0 aliphatic carbocycles. The van der Waals surface area contributed by atoms with Crippen LogP contribution in [0, 0.1) is 0 Å². The van der Waals surface area contributed by atoms with Gasteiger partial charge in [0.15, 0.2) is 10.9 Å². The molecule has 9 heteroatoms. The first kappa shape index (κ1) is 28.9. The number of thiocarbonyl (C=S) groups is 1. The summed E-state index contributed by atoms with van der Waals surface area (Å²) in [4.78, 5) is 27.8. The van der Waals surface area contributed by atoms with Crippen molar-refractivity contribution >= 4 is 29.2 Å². The minimum atomic E-state index is -1.49. The molecule has 3 heterocycles. The molecule has 3 fully saturated rings. The molecular weight excluding hydrogens is 504 g/mol. The number of unbranched alkanes of at least 4 members (excludes halogenated alkanes) is 9. The van der Waals surface area contributed by atoms with E-state index >= 15 is 0 Å². The van der Waals surface area contributed by atoms with Crippen LogP contribution in [0.3, 0.4) is 0 Å². The van der Waals surface area contributed by atoms with E-state index in [9.17, 15) is 9.59 Å². The van der Waals surface area contributed by atoms with Crippen LogP contribution in [0.15, 0.2) is 30.3 Å². The highest BCUT2D eigenvalue weighted by molar-refractivity contribution is 7.80. The van der Waals surface area contributed by atoms with Crippen molar-refractivity contribution in [3.05, 3.63) is 35.9 Å². The van der Waals surface area contributed by atoms with Gasteiger partial charge in [-0.1, -0.05) is 82.9 Å². The Labute approximate surface area is 231 Å². The molecule has 4 rings (SSSR count). The number of fused-ring (bicyclic) bond motifs is 2. The lowest BCUT2D eigenvalue weighted by Crippen LogP contribution is -2.56. The molecular formula is C29H42N2O6S.